The number of hydrogen-bond acceptors (Lipinski definition) is 5. The first-order valence-electron chi connectivity index (χ1n) is 6.58. The summed E-state index contributed by atoms with van der Waals surface area (Å²) in [5.41, 5.74) is -0.474. The van der Waals surface area contributed by atoms with E-state index in [1.807, 2.05) is 0 Å². The van der Waals surface area contributed by atoms with E-state index < -0.39 is 23.5 Å². The molecule has 7 heteroatoms. The summed E-state index contributed by atoms with van der Waals surface area (Å²) in [7, 11) is 0. The summed E-state index contributed by atoms with van der Waals surface area (Å²) >= 11 is 0. The molecule has 1 N–H and O–H groups in total. The quantitative estimate of drug-likeness (QED) is 0.735. The number of nitrogens with one attached hydrogen (secondary N) is 1. The van der Waals surface area contributed by atoms with Crippen LogP contribution in [0.1, 0.15) is 34.6 Å². The van der Waals surface area contributed by atoms with E-state index in [2.05, 4.69) is 5.32 Å². The Morgan fingerprint density at radius 2 is 1.35 bits per heavy atom. The maximum atomic E-state index is 12.0. The third-order valence-corrected chi connectivity index (χ3v) is 2.02. The first-order valence-corrected chi connectivity index (χ1v) is 6.58. The second kappa shape index (κ2) is 8.39. The summed E-state index contributed by atoms with van der Waals surface area (Å²) < 4.78 is 9.56. The van der Waals surface area contributed by atoms with Crippen LogP contribution in [-0.4, -0.2) is 54.7 Å². The van der Waals surface area contributed by atoms with Crippen LogP contribution in [-0.2, 0) is 19.1 Å². The molecule has 0 saturated heterocycles. The monoisotopic (exact) mass is 288 g/mol. The molecule has 7 nitrogen and oxygen atoms in total. The Hall–Kier alpha value is -1.79. The lowest BCUT2D eigenvalue weighted by Crippen LogP contribution is -2.51. The van der Waals surface area contributed by atoms with Gasteiger partial charge < -0.3 is 19.7 Å². The van der Waals surface area contributed by atoms with Crippen molar-refractivity contribution >= 4 is 18.0 Å². The van der Waals surface area contributed by atoms with Crippen molar-refractivity contribution in [2.75, 3.05) is 26.3 Å². The third kappa shape index (κ3) is 8.34. The molecule has 2 amide bonds. The molecule has 0 spiro atoms. The van der Waals surface area contributed by atoms with Crippen molar-refractivity contribution in [3.63, 3.8) is 0 Å². The number of hydrogen-bond donors (Lipinski definition) is 1. The number of nitrogens with zero attached hydrogens (tertiary/aromatic N) is 1. The van der Waals surface area contributed by atoms with Gasteiger partial charge in [-0.2, -0.15) is 0 Å². The van der Waals surface area contributed by atoms with Gasteiger partial charge in [-0.05, 0) is 34.6 Å². The average molecular weight is 288 g/mol. The molecule has 20 heavy (non-hydrogen) atoms. The van der Waals surface area contributed by atoms with Crippen LogP contribution in [0.5, 0.6) is 0 Å². The number of rotatable bonds is 6. The Bertz CT molecular complexity index is 329. The van der Waals surface area contributed by atoms with E-state index in [0.29, 0.717) is 0 Å². The first kappa shape index (κ1) is 18.2. The molecule has 0 aliphatic carbocycles. The van der Waals surface area contributed by atoms with Crippen LogP contribution in [0, 0.1) is 0 Å². The first-order chi connectivity index (χ1) is 9.19. The van der Waals surface area contributed by atoms with Gasteiger partial charge in [-0.25, -0.2) is 4.79 Å². The highest BCUT2D eigenvalue weighted by molar-refractivity contribution is 5.85. The highest BCUT2D eigenvalue weighted by Gasteiger charge is 2.24. The molecular weight excluding hydrogens is 264 g/mol. The Morgan fingerprint density at radius 3 is 1.65 bits per heavy atom. The number of carbonyl (C=O) groups excluding carboxylic acids is 3. The van der Waals surface area contributed by atoms with E-state index in [1.165, 1.54) is 0 Å². The minimum atomic E-state index is -0.569. The average Bonchev–Trinajstić information content (AvgIpc) is 2.26. The Balaban J connectivity index is 4.73. The van der Waals surface area contributed by atoms with Crippen LogP contribution in [0.2, 0.25) is 0 Å². The van der Waals surface area contributed by atoms with Gasteiger partial charge in [0.1, 0.15) is 13.1 Å². The van der Waals surface area contributed by atoms with E-state index in [9.17, 15) is 14.4 Å². The summed E-state index contributed by atoms with van der Waals surface area (Å²) in [5, 5.41) is 2.69. The van der Waals surface area contributed by atoms with E-state index in [0.717, 1.165) is 4.90 Å². The van der Waals surface area contributed by atoms with Crippen molar-refractivity contribution in [2.24, 2.45) is 0 Å². The van der Waals surface area contributed by atoms with E-state index in [-0.39, 0.29) is 26.3 Å². The van der Waals surface area contributed by atoms with Crippen LogP contribution in [0.3, 0.4) is 0 Å². The maximum Gasteiger partial charge on any atom is 0.325 e. The fourth-order valence-electron chi connectivity index (χ4n) is 1.32. The number of urea groups is 1. The van der Waals surface area contributed by atoms with Gasteiger partial charge in [-0.15, -0.1) is 0 Å². The Kier molecular flexibility index (Phi) is 7.64. The molecule has 0 aliphatic heterocycles. The molecule has 0 heterocycles. The van der Waals surface area contributed by atoms with E-state index in [4.69, 9.17) is 9.47 Å². The summed E-state index contributed by atoms with van der Waals surface area (Å²) in [5.74, 6) is -1.14. The van der Waals surface area contributed by atoms with Crippen LogP contribution >= 0.6 is 0 Å². The molecule has 0 aromatic carbocycles. The molecule has 0 aromatic rings. The zero-order chi connectivity index (χ0) is 15.8. The lowest BCUT2D eigenvalue weighted by molar-refractivity contribution is -0.146. The van der Waals surface area contributed by atoms with Crippen LogP contribution in [0.4, 0.5) is 4.79 Å². The summed E-state index contributed by atoms with van der Waals surface area (Å²) in [6, 6.07) is -0.515. The van der Waals surface area contributed by atoms with E-state index in [1.54, 1.807) is 34.6 Å². The molecule has 0 fully saturated rings. The molecule has 0 saturated carbocycles. The third-order valence-electron chi connectivity index (χ3n) is 2.02. The second-order valence-electron chi connectivity index (χ2n) is 5.15. The minimum absolute atomic E-state index is 0.215. The topological polar surface area (TPSA) is 84.9 Å². The maximum absolute atomic E-state index is 12.0. The Morgan fingerprint density at radius 1 is 0.950 bits per heavy atom. The van der Waals surface area contributed by atoms with E-state index >= 15 is 0 Å². The van der Waals surface area contributed by atoms with Gasteiger partial charge in [-0.1, -0.05) is 0 Å². The standard InChI is InChI=1S/C13H24N2O5/c1-6-19-10(16)8-15(9-11(17)20-7-2)12(18)14-13(3,4)5/h6-9H2,1-5H3,(H,14,18). The number of ether oxygens (including phenoxy) is 2. The van der Waals surface area contributed by atoms with Crippen molar-refractivity contribution in [3.8, 4) is 0 Å². The fraction of sp³-hybridized carbons (Fsp3) is 0.769. The molecule has 0 aromatic heterocycles. The normalized spacial score (nSPS) is 10.7. The number of carbonyl (C=O) groups is 3. The molecule has 0 radical (unpaired) electrons. The number of amides is 2. The van der Waals surface area contributed by atoms with Gasteiger partial charge >= 0.3 is 18.0 Å². The van der Waals surface area contributed by atoms with Crippen molar-refractivity contribution < 1.29 is 23.9 Å². The molecule has 0 bridgehead atoms. The summed E-state index contributed by atoms with van der Waals surface area (Å²) in [6.07, 6.45) is 0. The molecular formula is C13H24N2O5. The highest BCUT2D eigenvalue weighted by Crippen LogP contribution is 2.02. The van der Waals surface area contributed by atoms with Gasteiger partial charge in [0.05, 0.1) is 13.2 Å². The second-order valence-corrected chi connectivity index (χ2v) is 5.15. The lowest BCUT2D eigenvalue weighted by Gasteiger charge is -2.27. The van der Waals surface area contributed by atoms with Crippen LogP contribution in [0.15, 0.2) is 0 Å². The zero-order valence-electron chi connectivity index (χ0n) is 12.8. The van der Waals surface area contributed by atoms with Crippen molar-refractivity contribution in [1.29, 1.82) is 0 Å². The molecule has 116 valence electrons. The predicted octanol–water partition coefficient (Wildman–Crippen LogP) is 0.923. The van der Waals surface area contributed by atoms with Gasteiger partial charge in [0, 0.05) is 5.54 Å². The predicted molar refractivity (Wildman–Crippen MR) is 73.1 cm³/mol. The lowest BCUT2D eigenvalue weighted by atomic mass is 10.1. The summed E-state index contributed by atoms with van der Waals surface area (Å²) in [4.78, 5) is 36.0. The zero-order valence-corrected chi connectivity index (χ0v) is 12.8. The number of esters is 2. The molecule has 0 atom stereocenters. The van der Waals surface area contributed by atoms with Gasteiger partial charge in [-0.3, -0.25) is 9.59 Å². The van der Waals surface area contributed by atoms with Crippen LogP contribution in [0.25, 0.3) is 0 Å². The van der Waals surface area contributed by atoms with Crippen molar-refractivity contribution in [3.05, 3.63) is 0 Å². The van der Waals surface area contributed by atoms with Gasteiger partial charge in [0.15, 0.2) is 0 Å². The van der Waals surface area contributed by atoms with Gasteiger partial charge in [0.25, 0.3) is 0 Å². The fourth-order valence-corrected chi connectivity index (χ4v) is 1.32. The van der Waals surface area contributed by atoms with Crippen LogP contribution < -0.4 is 5.32 Å². The smallest absolute Gasteiger partial charge is 0.325 e. The van der Waals surface area contributed by atoms with Gasteiger partial charge in [0.2, 0.25) is 0 Å². The molecule has 0 rings (SSSR count). The van der Waals surface area contributed by atoms with Crippen molar-refractivity contribution in [2.45, 2.75) is 40.2 Å². The highest BCUT2D eigenvalue weighted by atomic mass is 16.5. The summed E-state index contributed by atoms with van der Waals surface area (Å²) in [6.45, 7) is 8.59. The largest absolute Gasteiger partial charge is 0.465 e. The SMILES string of the molecule is CCOC(=O)CN(CC(=O)OCC)C(=O)NC(C)(C)C. The molecule has 0 unspecified atom stereocenters. The minimum Gasteiger partial charge on any atom is -0.465 e. The molecule has 0 aliphatic rings. The Labute approximate surface area is 119 Å². The van der Waals surface area contributed by atoms with Crippen molar-refractivity contribution in [1.82, 2.24) is 10.2 Å².